The van der Waals surface area contributed by atoms with Crippen molar-refractivity contribution in [1.29, 1.82) is 0 Å². The minimum absolute atomic E-state index is 0.0374. The maximum atomic E-state index is 12.8. The Kier molecular flexibility index (Phi) is 8.24. The van der Waals surface area contributed by atoms with E-state index in [4.69, 9.17) is 0 Å². The van der Waals surface area contributed by atoms with E-state index in [1.807, 2.05) is 30.3 Å². The maximum Gasteiger partial charge on any atom is 0.243 e. The van der Waals surface area contributed by atoms with Crippen LogP contribution in [0.5, 0.6) is 0 Å². The van der Waals surface area contributed by atoms with E-state index in [1.165, 1.54) is 0 Å². The molecule has 184 valence electrons. The first kappa shape index (κ1) is 24.7. The van der Waals surface area contributed by atoms with Gasteiger partial charge in [-0.05, 0) is 55.6 Å². The van der Waals surface area contributed by atoms with Crippen molar-refractivity contribution in [3.63, 3.8) is 0 Å². The maximum absolute atomic E-state index is 12.8. The SMILES string of the molecule is CCN1CCN(c2ccccc2NC(=O)CCc2ccc(S(=O)(=O)N3CCCCC3)cc2)CC1. The first-order valence-electron chi connectivity index (χ1n) is 12.4. The number of carbonyl (C=O) groups is 1. The Morgan fingerprint density at radius 1 is 0.882 bits per heavy atom. The molecular weight excluding hydrogens is 448 g/mol. The molecule has 2 heterocycles. The zero-order valence-corrected chi connectivity index (χ0v) is 20.9. The average Bonchev–Trinajstić information content (AvgIpc) is 2.89. The van der Waals surface area contributed by atoms with Crippen LogP contribution in [0.3, 0.4) is 0 Å². The van der Waals surface area contributed by atoms with E-state index >= 15 is 0 Å². The first-order valence-corrected chi connectivity index (χ1v) is 13.9. The third-order valence-electron chi connectivity index (χ3n) is 6.86. The van der Waals surface area contributed by atoms with Crippen molar-refractivity contribution in [2.24, 2.45) is 0 Å². The van der Waals surface area contributed by atoms with Crippen molar-refractivity contribution in [2.45, 2.75) is 43.9 Å². The number of anilines is 2. The van der Waals surface area contributed by atoms with Crippen LogP contribution in [0.2, 0.25) is 0 Å². The fraction of sp³-hybridized carbons (Fsp3) is 0.500. The molecule has 1 N–H and O–H groups in total. The summed E-state index contributed by atoms with van der Waals surface area (Å²) in [5, 5.41) is 3.09. The largest absolute Gasteiger partial charge is 0.367 e. The molecule has 0 bridgehead atoms. The predicted octanol–water partition coefficient (Wildman–Crippen LogP) is 3.57. The Labute approximate surface area is 203 Å². The van der Waals surface area contributed by atoms with Crippen LogP contribution >= 0.6 is 0 Å². The van der Waals surface area contributed by atoms with Crippen molar-refractivity contribution in [3.05, 3.63) is 54.1 Å². The molecule has 0 unspecified atom stereocenters. The van der Waals surface area contributed by atoms with Crippen LogP contribution in [-0.4, -0.2) is 69.3 Å². The number of piperazine rings is 1. The Bertz CT molecular complexity index is 1060. The third kappa shape index (κ3) is 5.98. The van der Waals surface area contributed by atoms with E-state index < -0.39 is 10.0 Å². The number of nitrogens with one attached hydrogen (secondary N) is 1. The van der Waals surface area contributed by atoms with Gasteiger partial charge in [0.1, 0.15) is 0 Å². The lowest BCUT2D eigenvalue weighted by atomic mass is 10.1. The highest BCUT2D eigenvalue weighted by Crippen LogP contribution is 2.27. The summed E-state index contributed by atoms with van der Waals surface area (Å²) in [6.07, 6.45) is 3.84. The molecule has 34 heavy (non-hydrogen) atoms. The quantitative estimate of drug-likeness (QED) is 0.620. The van der Waals surface area contributed by atoms with Gasteiger partial charge in [0.15, 0.2) is 0 Å². The van der Waals surface area contributed by atoms with Crippen molar-refractivity contribution in [3.8, 4) is 0 Å². The summed E-state index contributed by atoms with van der Waals surface area (Å²) in [5.41, 5.74) is 2.87. The number of carbonyl (C=O) groups excluding carboxylic acids is 1. The molecule has 1 amide bonds. The second-order valence-corrected chi connectivity index (χ2v) is 11.0. The highest BCUT2D eigenvalue weighted by Gasteiger charge is 2.25. The molecule has 2 fully saturated rings. The number of nitrogens with zero attached hydrogens (tertiary/aromatic N) is 3. The smallest absolute Gasteiger partial charge is 0.243 e. The van der Waals surface area contributed by atoms with Gasteiger partial charge in [-0.15, -0.1) is 0 Å². The standard InChI is InChI=1S/C26H36N4O3S/c1-2-28-18-20-29(21-19-28)25-9-5-4-8-24(25)27-26(31)15-12-22-10-13-23(14-11-22)34(32,33)30-16-6-3-7-17-30/h4-5,8-11,13-14H,2-3,6-7,12,15-21H2,1H3,(H,27,31). The number of rotatable bonds is 8. The average molecular weight is 485 g/mol. The van der Waals surface area contributed by atoms with E-state index in [1.54, 1.807) is 16.4 Å². The van der Waals surface area contributed by atoms with E-state index in [-0.39, 0.29) is 5.91 Å². The predicted molar refractivity (Wildman–Crippen MR) is 137 cm³/mol. The molecule has 0 spiro atoms. The summed E-state index contributed by atoms with van der Waals surface area (Å²) in [6, 6.07) is 15.0. The molecule has 0 saturated carbocycles. The number of likely N-dealkylation sites (N-methyl/N-ethyl adjacent to an activating group) is 1. The summed E-state index contributed by atoms with van der Waals surface area (Å²) in [4.78, 5) is 17.8. The lowest BCUT2D eigenvalue weighted by molar-refractivity contribution is -0.116. The van der Waals surface area contributed by atoms with Crippen molar-refractivity contribution in [2.75, 3.05) is 56.0 Å². The number of benzene rings is 2. The number of hydrogen-bond donors (Lipinski definition) is 1. The molecular formula is C26H36N4O3S. The Balaban J connectivity index is 1.32. The summed E-state index contributed by atoms with van der Waals surface area (Å²) in [7, 11) is -3.43. The molecule has 0 radical (unpaired) electrons. The summed E-state index contributed by atoms with van der Waals surface area (Å²) in [6.45, 7) is 8.41. The van der Waals surface area contributed by atoms with Gasteiger partial charge in [0.25, 0.3) is 0 Å². The van der Waals surface area contributed by atoms with Crippen LogP contribution in [0.4, 0.5) is 11.4 Å². The number of piperidine rings is 1. The molecule has 2 aliphatic heterocycles. The van der Waals surface area contributed by atoms with Crippen LogP contribution in [-0.2, 0) is 21.2 Å². The highest BCUT2D eigenvalue weighted by atomic mass is 32.2. The second kappa shape index (κ2) is 11.3. The van der Waals surface area contributed by atoms with Gasteiger partial charge < -0.3 is 15.1 Å². The lowest BCUT2D eigenvalue weighted by Crippen LogP contribution is -2.46. The van der Waals surface area contributed by atoms with Crippen LogP contribution in [0.1, 0.15) is 38.2 Å². The van der Waals surface area contributed by atoms with Gasteiger partial charge in [0.2, 0.25) is 15.9 Å². The Hall–Kier alpha value is -2.42. The van der Waals surface area contributed by atoms with E-state index in [9.17, 15) is 13.2 Å². The van der Waals surface area contributed by atoms with Crippen LogP contribution in [0.25, 0.3) is 0 Å². The van der Waals surface area contributed by atoms with Gasteiger partial charge in [0, 0.05) is 45.7 Å². The molecule has 7 nitrogen and oxygen atoms in total. The fourth-order valence-corrected chi connectivity index (χ4v) is 6.23. The highest BCUT2D eigenvalue weighted by molar-refractivity contribution is 7.89. The number of amides is 1. The van der Waals surface area contributed by atoms with Gasteiger partial charge in [-0.1, -0.05) is 37.6 Å². The molecule has 8 heteroatoms. The van der Waals surface area contributed by atoms with Crippen LogP contribution in [0.15, 0.2) is 53.4 Å². The molecule has 2 aliphatic rings. The molecule has 2 aromatic rings. The minimum atomic E-state index is -3.43. The zero-order chi connectivity index (χ0) is 24.0. The van der Waals surface area contributed by atoms with Crippen LogP contribution in [0, 0.1) is 0 Å². The molecule has 0 aromatic heterocycles. The second-order valence-electron chi connectivity index (χ2n) is 9.10. The van der Waals surface area contributed by atoms with Gasteiger partial charge in [-0.3, -0.25) is 4.79 Å². The number of hydrogen-bond acceptors (Lipinski definition) is 5. The first-order chi connectivity index (χ1) is 16.5. The lowest BCUT2D eigenvalue weighted by Gasteiger charge is -2.36. The normalized spacial score (nSPS) is 18.1. The summed E-state index contributed by atoms with van der Waals surface area (Å²) in [5.74, 6) is -0.0374. The van der Waals surface area contributed by atoms with Crippen LogP contribution < -0.4 is 10.2 Å². The van der Waals surface area contributed by atoms with E-state index in [2.05, 4.69) is 28.1 Å². The van der Waals surface area contributed by atoms with Gasteiger partial charge in [-0.2, -0.15) is 4.31 Å². The van der Waals surface area contributed by atoms with Gasteiger partial charge >= 0.3 is 0 Å². The molecule has 2 saturated heterocycles. The number of para-hydroxylation sites is 2. The van der Waals surface area contributed by atoms with Gasteiger partial charge in [0.05, 0.1) is 16.3 Å². The minimum Gasteiger partial charge on any atom is -0.367 e. The molecule has 0 aliphatic carbocycles. The monoisotopic (exact) mass is 484 g/mol. The van der Waals surface area contributed by atoms with Crippen molar-refractivity contribution in [1.82, 2.24) is 9.21 Å². The number of aryl methyl sites for hydroxylation is 1. The molecule has 2 aromatic carbocycles. The molecule has 0 atom stereocenters. The summed E-state index contributed by atoms with van der Waals surface area (Å²) >= 11 is 0. The fourth-order valence-electron chi connectivity index (χ4n) is 4.71. The number of sulfonamides is 1. The topological polar surface area (TPSA) is 73.0 Å². The van der Waals surface area contributed by atoms with Gasteiger partial charge in [-0.25, -0.2) is 8.42 Å². The summed E-state index contributed by atoms with van der Waals surface area (Å²) < 4.78 is 27.2. The van der Waals surface area contributed by atoms with E-state index in [0.717, 1.165) is 68.9 Å². The third-order valence-corrected chi connectivity index (χ3v) is 8.77. The Morgan fingerprint density at radius 3 is 2.24 bits per heavy atom. The van der Waals surface area contributed by atoms with E-state index in [0.29, 0.717) is 30.8 Å². The Morgan fingerprint density at radius 2 is 1.56 bits per heavy atom. The zero-order valence-electron chi connectivity index (χ0n) is 20.1. The molecule has 4 rings (SSSR count). The van der Waals surface area contributed by atoms with Crippen molar-refractivity contribution < 1.29 is 13.2 Å². The van der Waals surface area contributed by atoms with Crippen molar-refractivity contribution >= 4 is 27.3 Å².